The number of carboxylic acid groups (broad SMARTS) is 1. The van der Waals surface area contributed by atoms with Gasteiger partial charge in [0.1, 0.15) is 11.0 Å². The number of nitrogens with zero attached hydrogens (tertiary/aromatic N) is 3. The van der Waals surface area contributed by atoms with Crippen LogP contribution in [0, 0.1) is 0 Å². The van der Waals surface area contributed by atoms with E-state index in [9.17, 15) is 4.79 Å². The number of aliphatic carboxylic acids is 1. The van der Waals surface area contributed by atoms with Gasteiger partial charge in [0.15, 0.2) is 0 Å². The van der Waals surface area contributed by atoms with E-state index in [4.69, 9.17) is 16.7 Å². The van der Waals surface area contributed by atoms with Gasteiger partial charge in [0, 0.05) is 31.7 Å². The van der Waals surface area contributed by atoms with Gasteiger partial charge in [0.2, 0.25) is 0 Å². The van der Waals surface area contributed by atoms with Crippen LogP contribution in [0.4, 0.5) is 5.82 Å². The summed E-state index contributed by atoms with van der Waals surface area (Å²) in [5.74, 6) is 0.117. The number of aromatic nitrogens is 1. The molecule has 1 N–H and O–H groups in total. The van der Waals surface area contributed by atoms with Crippen molar-refractivity contribution in [1.29, 1.82) is 0 Å². The van der Waals surface area contributed by atoms with Gasteiger partial charge in [-0.15, -0.1) is 0 Å². The van der Waals surface area contributed by atoms with Crippen molar-refractivity contribution < 1.29 is 9.90 Å². The summed E-state index contributed by atoms with van der Waals surface area (Å²) in [4.78, 5) is 20.1. The molecule has 138 valence electrons. The Morgan fingerprint density at radius 2 is 1.81 bits per heavy atom. The van der Waals surface area contributed by atoms with Crippen molar-refractivity contribution in [1.82, 2.24) is 9.88 Å². The maximum Gasteiger partial charge on any atom is 0.307 e. The Hall–Kier alpha value is -2.11. The molecule has 0 amide bonds. The van der Waals surface area contributed by atoms with Gasteiger partial charge in [-0.3, -0.25) is 9.69 Å². The van der Waals surface area contributed by atoms with Crippen molar-refractivity contribution in [2.45, 2.75) is 38.9 Å². The van der Waals surface area contributed by atoms with E-state index in [0.29, 0.717) is 17.2 Å². The lowest BCUT2D eigenvalue weighted by atomic mass is 10.0. The van der Waals surface area contributed by atoms with E-state index in [1.165, 1.54) is 0 Å². The summed E-state index contributed by atoms with van der Waals surface area (Å²) >= 11 is 6.03. The number of rotatable bonds is 5. The molecule has 6 heteroatoms. The van der Waals surface area contributed by atoms with Crippen LogP contribution in [-0.4, -0.2) is 46.1 Å². The molecule has 0 bridgehead atoms. The van der Waals surface area contributed by atoms with Crippen LogP contribution in [0.15, 0.2) is 42.5 Å². The third-order valence-electron chi connectivity index (χ3n) is 4.84. The first-order chi connectivity index (χ1) is 12.4. The van der Waals surface area contributed by atoms with Crippen molar-refractivity contribution in [3.63, 3.8) is 0 Å². The fourth-order valence-electron chi connectivity index (χ4n) is 3.65. The van der Waals surface area contributed by atoms with Crippen LogP contribution in [0.2, 0.25) is 5.15 Å². The molecule has 1 saturated heterocycles. The molecule has 1 aromatic carbocycles. The highest BCUT2D eigenvalue weighted by molar-refractivity contribution is 6.29. The highest BCUT2D eigenvalue weighted by atomic mass is 35.5. The first-order valence-corrected chi connectivity index (χ1v) is 9.23. The number of benzene rings is 1. The average molecular weight is 374 g/mol. The van der Waals surface area contributed by atoms with E-state index in [0.717, 1.165) is 36.6 Å². The van der Waals surface area contributed by atoms with Crippen LogP contribution in [0.1, 0.15) is 25.0 Å². The van der Waals surface area contributed by atoms with E-state index < -0.39 is 5.97 Å². The number of piperazine rings is 1. The van der Waals surface area contributed by atoms with Crippen molar-refractivity contribution in [3.05, 3.63) is 58.7 Å². The van der Waals surface area contributed by atoms with Crippen molar-refractivity contribution in [2.24, 2.45) is 0 Å². The van der Waals surface area contributed by atoms with Gasteiger partial charge in [-0.2, -0.15) is 0 Å². The molecule has 3 rings (SSSR count). The second kappa shape index (κ2) is 8.06. The molecule has 1 aromatic heterocycles. The molecule has 5 nitrogen and oxygen atoms in total. The lowest BCUT2D eigenvalue weighted by Gasteiger charge is -2.45. The average Bonchev–Trinajstić information content (AvgIpc) is 2.58. The van der Waals surface area contributed by atoms with Gasteiger partial charge in [-0.05, 0) is 37.1 Å². The lowest BCUT2D eigenvalue weighted by Crippen LogP contribution is -2.56. The third kappa shape index (κ3) is 4.54. The van der Waals surface area contributed by atoms with Crippen LogP contribution in [-0.2, 0) is 17.8 Å². The third-order valence-corrected chi connectivity index (χ3v) is 5.05. The minimum Gasteiger partial charge on any atom is -0.481 e. The summed E-state index contributed by atoms with van der Waals surface area (Å²) in [5.41, 5.74) is 1.99. The summed E-state index contributed by atoms with van der Waals surface area (Å²) in [6, 6.07) is 14.3. The summed E-state index contributed by atoms with van der Waals surface area (Å²) < 4.78 is 0. The largest absolute Gasteiger partial charge is 0.481 e. The van der Waals surface area contributed by atoms with Crippen molar-refractivity contribution in [2.75, 3.05) is 18.0 Å². The fraction of sp³-hybridized carbons (Fsp3) is 0.400. The molecule has 26 heavy (non-hydrogen) atoms. The highest BCUT2D eigenvalue weighted by Crippen LogP contribution is 2.24. The van der Waals surface area contributed by atoms with Gasteiger partial charge >= 0.3 is 5.97 Å². The van der Waals surface area contributed by atoms with Crippen LogP contribution in [0.3, 0.4) is 0 Å². The van der Waals surface area contributed by atoms with Crippen molar-refractivity contribution in [3.8, 4) is 0 Å². The van der Waals surface area contributed by atoms with E-state index in [1.54, 1.807) is 6.07 Å². The second-order valence-corrected chi connectivity index (χ2v) is 7.37. The molecule has 0 saturated carbocycles. The zero-order chi connectivity index (χ0) is 18.7. The van der Waals surface area contributed by atoms with E-state index >= 15 is 0 Å². The van der Waals surface area contributed by atoms with Gasteiger partial charge in [0.25, 0.3) is 0 Å². The quantitative estimate of drug-likeness (QED) is 0.813. The molecular formula is C20H24ClN3O2. The molecule has 2 heterocycles. The van der Waals surface area contributed by atoms with E-state index in [2.05, 4.69) is 34.7 Å². The summed E-state index contributed by atoms with van der Waals surface area (Å²) in [5, 5.41) is 9.50. The Morgan fingerprint density at radius 1 is 1.15 bits per heavy atom. The molecule has 0 aliphatic carbocycles. The molecule has 2 atom stereocenters. The van der Waals surface area contributed by atoms with Crippen LogP contribution < -0.4 is 4.90 Å². The standard InChI is InChI=1S/C20H24ClN3O2/c1-14-11-23(19-8-4-7-18(21)22-19)12-15(2)24(14)13-17-6-3-5-16(9-17)10-20(25)26/h3-9,14-15H,10-13H2,1-2H3,(H,25,26)/t14-,15+. The number of carboxylic acids is 1. The molecule has 1 fully saturated rings. The minimum atomic E-state index is -0.800. The van der Waals surface area contributed by atoms with Gasteiger partial charge in [0.05, 0.1) is 6.42 Å². The topological polar surface area (TPSA) is 56.7 Å². The molecule has 1 aliphatic rings. The predicted molar refractivity (Wildman–Crippen MR) is 104 cm³/mol. The van der Waals surface area contributed by atoms with Gasteiger partial charge in [-0.1, -0.05) is 41.9 Å². The molecule has 0 unspecified atom stereocenters. The van der Waals surface area contributed by atoms with Crippen molar-refractivity contribution >= 4 is 23.4 Å². The fourth-order valence-corrected chi connectivity index (χ4v) is 3.81. The molecule has 2 aromatic rings. The highest BCUT2D eigenvalue weighted by Gasteiger charge is 2.30. The zero-order valence-electron chi connectivity index (χ0n) is 15.1. The monoisotopic (exact) mass is 373 g/mol. The predicted octanol–water partition coefficient (Wildman–Crippen LogP) is 3.46. The Kier molecular flexibility index (Phi) is 5.79. The molecular weight excluding hydrogens is 350 g/mol. The molecule has 0 radical (unpaired) electrons. The van der Waals surface area contributed by atoms with E-state index in [-0.39, 0.29) is 6.42 Å². The lowest BCUT2D eigenvalue weighted by molar-refractivity contribution is -0.136. The Balaban J connectivity index is 1.70. The number of hydrogen-bond donors (Lipinski definition) is 1. The normalized spacial score (nSPS) is 21.0. The smallest absolute Gasteiger partial charge is 0.307 e. The SMILES string of the molecule is C[C@@H]1CN(c2cccc(Cl)n2)C[C@H](C)N1Cc1cccc(CC(=O)O)c1. The first-order valence-electron chi connectivity index (χ1n) is 8.85. The van der Waals surface area contributed by atoms with Crippen LogP contribution >= 0.6 is 11.6 Å². The van der Waals surface area contributed by atoms with Gasteiger partial charge < -0.3 is 10.0 Å². The number of halogens is 1. The number of anilines is 1. The number of pyridine rings is 1. The molecule has 0 spiro atoms. The minimum absolute atomic E-state index is 0.0627. The Morgan fingerprint density at radius 3 is 2.46 bits per heavy atom. The number of carbonyl (C=O) groups is 1. The van der Waals surface area contributed by atoms with Crippen LogP contribution in [0.5, 0.6) is 0 Å². The van der Waals surface area contributed by atoms with Gasteiger partial charge in [-0.25, -0.2) is 4.98 Å². The summed E-state index contributed by atoms with van der Waals surface area (Å²) in [6.45, 7) is 7.01. The Labute approximate surface area is 159 Å². The maximum absolute atomic E-state index is 10.9. The maximum atomic E-state index is 10.9. The first kappa shape index (κ1) is 18.7. The van der Waals surface area contributed by atoms with E-state index in [1.807, 2.05) is 30.3 Å². The zero-order valence-corrected chi connectivity index (χ0v) is 15.9. The summed E-state index contributed by atoms with van der Waals surface area (Å²) in [6.07, 6.45) is 0.0627. The Bertz CT molecular complexity index is 771. The van der Waals surface area contributed by atoms with Crippen LogP contribution in [0.25, 0.3) is 0 Å². The summed E-state index contributed by atoms with van der Waals surface area (Å²) in [7, 11) is 0. The second-order valence-electron chi connectivity index (χ2n) is 6.98. The number of hydrogen-bond acceptors (Lipinski definition) is 4. The molecule has 1 aliphatic heterocycles.